The van der Waals surface area contributed by atoms with E-state index in [0.717, 1.165) is 48.2 Å². The quantitative estimate of drug-likeness (QED) is 0.506. The molecule has 3 aromatic rings. The summed E-state index contributed by atoms with van der Waals surface area (Å²) in [6.45, 7) is 7.61. The van der Waals surface area contributed by atoms with Crippen LogP contribution in [0.15, 0.2) is 54.7 Å². The van der Waals surface area contributed by atoms with Gasteiger partial charge in [-0.25, -0.2) is 9.37 Å². The van der Waals surface area contributed by atoms with Gasteiger partial charge in [-0.1, -0.05) is 30.3 Å². The number of hydrogen-bond acceptors (Lipinski definition) is 5. The molecule has 5 rings (SSSR count). The molecule has 0 saturated carbocycles. The number of rotatable bonds is 5. The average molecular weight is 477 g/mol. The van der Waals surface area contributed by atoms with Crippen molar-refractivity contribution in [1.29, 1.82) is 0 Å². The molecule has 5 nitrogen and oxygen atoms in total. The standard InChI is InChI=1S/C29H33FN2O3/c1-18-13-22(30)9-10-23(18)24(15-27(33)34)20-7-6-19-8-11-26(25(19)14-20)32-16-21-5-4-12-31-28(21)35-29(2,3)17-32/h4-7,9-10,12-14,24,26-27,33-34H,8,11,15-17H2,1-3H3. The minimum absolute atomic E-state index is 0.152. The highest BCUT2D eigenvalue weighted by Gasteiger charge is 2.36. The lowest BCUT2D eigenvalue weighted by molar-refractivity contribution is -0.0477. The Morgan fingerprint density at radius 3 is 2.74 bits per heavy atom. The van der Waals surface area contributed by atoms with Crippen molar-refractivity contribution in [2.75, 3.05) is 6.54 Å². The Morgan fingerprint density at radius 2 is 1.97 bits per heavy atom. The molecule has 1 aliphatic carbocycles. The van der Waals surface area contributed by atoms with Gasteiger partial charge in [-0.15, -0.1) is 0 Å². The lowest BCUT2D eigenvalue weighted by atomic mass is 9.84. The highest BCUT2D eigenvalue weighted by atomic mass is 19.1. The Hall–Kier alpha value is -2.80. The zero-order chi connectivity index (χ0) is 24.7. The topological polar surface area (TPSA) is 65.8 Å². The number of halogens is 1. The second-order valence-corrected chi connectivity index (χ2v) is 10.5. The molecule has 0 saturated heterocycles. The van der Waals surface area contributed by atoms with Crippen LogP contribution in [0, 0.1) is 12.7 Å². The minimum Gasteiger partial charge on any atom is -0.470 e. The van der Waals surface area contributed by atoms with E-state index in [1.54, 1.807) is 12.3 Å². The Morgan fingerprint density at radius 1 is 1.14 bits per heavy atom. The molecular weight excluding hydrogens is 443 g/mol. The van der Waals surface area contributed by atoms with Crippen LogP contribution in [0.5, 0.6) is 5.88 Å². The predicted octanol–water partition coefficient (Wildman–Crippen LogP) is 5.02. The summed E-state index contributed by atoms with van der Waals surface area (Å²) in [5, 5.41) is 19.8. The van der Waals surface area contributed by atoms with E-state index < -0.39 is 6.29 Å². The first-order valence-electron chi connectivity index (χ1n) is 12.3. The SMILES string of the molecule is Cc1cc(F)ccc1C(CC(O)O)c1ccc2c(c1)C(N1Cc3cccnc3OC(C)(C)C1)CC2. The van der Waals surface area contributed by atoms with Gasteiger partial charge >= 0.3 is 0 Å². The van der Waals surface area contributed by atoms with Crippen LogP contribution in [0.1, 0.15) is 72.0 Å². The Labute approximate surface area is 206 Å². The van der Waals surface area contributed by atoms with Gasteiger partial charge in [-0.2, -0.15) is 0 Å². The van der Waals surface area contributed by atoms with Crippen molar-refractivity contribution >= 4 is 0 Å². The summed E-state index contributed by atoms with van der Waals surface area (Å²) in [6.07, 6.45) is 2.49. The number of aliphatic hydroxyl groups excluding tert-OH is 1. The van der Waals surface area contributed by atoms with Crippen molar-refractivity contribution < 1.29 is 19.3 Å². The smallest absolute Gasteiger partial charge is 0.218 e. The molecule has 2 atom stereocenters. The third kappa shape index (κ3) is 4.96. The van der Waals surface area contributed by atoms with Gasteiger partial charge in [-0.05, 0) is 79.6 Å². The molecule has 1 aromatic heterocycles. The largest absolute Gasteiger partial charge is 0.470 e. The molecule has 2 aromatic carbocycles. The summed E-state index contributed by atoms with van der Waals surface area (Å²) in [5.74, 6) is 0.177. The Kier molecular flexibility index (Phi) is 6.38. The van der Waals surface area contributed by atoms with Crippen LogP contribution in [0.2, 0.25) is 0 Å². The van der Waals surface area contributed by atoms with E-state index >= 15 is 0 Å². The first-order valence-corrected chi connectivity index (χ1v) is 12.3. The highest BCUT2D eigenvalue weighted by molar-refractivity contribution is 5.44. The fourth-order valence-corrected chi connectivity index (χ4v) is 5.79. The number of fused-ring (bicyclic) bond motifs is 2. The first kappa shape index (κ1) is 23.9. The van der Waals surface area contributed by atoms with Gasteiger partial charge in [0.05, 0.1) is 0 Å². The van der Waals surface area contributed by atoms with E-state index in [1.165, 1.54) is 23.3 Å². The minimum atomic E-state index is -1.46. The van der Waals surface area contributed by atoms with Crippen molar-refractivity contribution in [2.24, 2.45) is 0 Å². The van der Waals surface area contributed by atoms with E-state index in [-0.39, 0.29) is 29.8 Å². The predicted molar refractivity (Wildman–Crippen MR) is 133 cm³/mol. The summed E-state index contributed by atoms with van der Waals surface area (Å²) < 4.78 is 20.1. The van der Waals surface area contributed by atoms with Crippen molar-refractivity contribution in [1.82, 2.24) is 9.88 Å². The van der Waals surface area contributed by atoms with E-state index in [1.807, 2.05) is 13.0 Å². The molecule has 184 valence electrons. The van der Waals surface area contributed by atoms with Gasteiger partial charge in [0.25, 0.3) is 0 Å². The lowest BCUT2D eigenvalue weighted by Crippen LogP contribution is -2.41. The van der Waals surface area contributed by atoms with Gasteiger partial charge in [0, 0.05) is 43.2 Å². The molecule has 0 fully saturated rings. The molecule has 2 aliphatic rings. The highest BCUT2D eigenvalue weighted by Crippen LogP contribution is 2.42. The Balaban J connectivity index is 1.52. The lowest BCUT2D eigenvalue weighted by Gasteiger charge is -2.34. The Bertz CT molecular complexity index is 1230. The van der Waals surface area contributed by atoms with Crippen LogP contribution in [0.3, 0.4) is 0 Å². The second kappa shape index (κ2) is 9.34. The van der Waals surface area contributed by atoms with Crippen molar-refractivity contribution in [3.05, 3.63) is 93.9 Å². The summed E-state index contributed by atoms with van der Waals surface area (Å²) in [4.78, 5) is 6.96. The van der Waals surface area contributed by atoms with Gasteiger partial charge in [0.2, 0.25) is 5.88 Å². The number of ether oxygens (including phenoxy) is 1. The van der Waals surface area contributed by atoms with E-state index in [0.29, 0.717) is 5.88 Å². The van der Waals surface area contributed by atoms with E-state index in [4.69, 9.17) is 4.74 Å². The first-order chi connectivity index (χ1) is 16.7. The monoisotopic (exact) mass is 476 g/mol. The number of pyridine rings is 1. The zero-order valence-corrected chi connectivity index (χ0v) is 20.5. The molecule has 0 spiro atoms. The molecule has 6 heteroatoms. The maximum atomic E-state index is 13.8. The summed E-state index contributed by atoms with van der Waals surface area (Å²) in [5.41, 5.74) is 6.06. The fraction of sp³-hybridized carbons (Fsp3) is 0.414. The van der Waals surface area contributed by atoms with Gasteiger partial charge in [0.15, 0.2) is 6.29 Å². The summed E-state index contributed by atoms with van der Waals surface area (Å²) >= 11 is 0. The molecule has 1 aliphatic heterocycles. The fourth-order valence-electron chi connectivity index (χ4n) is 5.79. The molecule has 2 N–H and O–H groups in total. The van der Waals surface area contributed by atoms with Crippen LogP contribution in [-0.2, 0) is 13.0 Å². The number of aryl methyl sites for hydroxylation is 2. The number of aliphatic hydroxyl groups is 2. The summed E-state index contributed by atoms with van der Waals surface area (Å²) in [7, 11) is 0. The van der Waals surface area contributed by atoms with Gasteiger partial charge in [0.1, 0.15) is 11.4 Å². The van der Waals surface area contributed by atoms with Gasteiger partial charge in [-0.3, -0.25) is 4.90 Å². The van der Waals surface area contributed by atoms with E-state index in [9.17, 15) is 14.6 Å². The molecular formula is C29H33FN2O3. The summed E-state index contributed by atoms with van der Waals surface area (Å²) in [6, 6.07) is 15.5. The van der Waals surface area contributed by atoms with Crippen LogP contribution in [0.4, 0.5) is 4.39 Å². The number of hydrogen-bond donors (Lipinski definition) is 2. The van der Waals surface area contributed by atoms with Crippen molar-refractivity contribution in [2.45, 2.75) is 70.4 Å². The molecule has 35 heavy (non-hydrogen) atoms. The zero-order valence-electron chi connectivity index (χ0n) is 20.5. The number of benzene rings is 2. The van der Waals surface area contributed by atoms with E-state index in [2.05, 4.69) is 48.0 Å². The normalized spacial score (nSPS) is 20.1. The van der Waals surface area contributed by atoms with Gasteiger partial charge < -0.3 is 14.9 Å². The molecule has 2 heterocycles. The third-order valence-electron chi connectivity index (χ3n) is 7.29. The molecule has 2 unspecified atom stereocenters. The molecule has 0 bridgehead atoms. The third-order valence-corrected chi connectivity index (χ3v) is 7.29. The average Bonchev–Trinajstić information content (AvgIpc) is 3.15. The maximum absolute atomic E-state index is 13.8. The number of aromatic nitrogens is 1. The molecule has 0 amide bonds. The van der Waals surface area contributed by atoms with Crippen LogP contribution < -0.4 is 4.74 Å². The van der Waals surface area contributed by atoms with Crippen LogP contribution >= 0.6 is 0 Å². The van der Waals surface area contributed by atoms with Crippen LogP contribution in [-0.4, -0.2) is 38.5 Å². The second-order valence-electron chi connectivity index (χ2n) is 10.5. The number of nitrogens with zero attached hydrogens (tertiary/aromatic N) is 2. The van der Waals surface area contributed by atoms with Crippen LogP contribution in [0.25, 0.3) is 0 Å². The molecule has 0 radical (unpaired) electrons. The van der Waals surface area contributed by atoms with Crippen molar-refractivity contribution in [3.8, 4) is 5.88 Å². The maximum Gasteiger partial charge on any atom is 0.218 e. The van der Waals surface area contributed by atoms with Crippen molar-refractivity contribution in [3.63, 3.8) is 0 Å².